The number of rotatable bonds is 4. The van der Waals surface area contributed by atoms with Crippen molar-refractivity contribution in [1.29, 1.82) is 0 Å². The zero-order chi connectivity index (χ0) is 18.8. The number of nitrogens with zero attached hydrogens (tertiary/aromatic N) is 3. The predicted molar refractivity (Wildman–Crippen MR) is 107 cm³/mol. The number of para-hydroxylation sites is 2. The van der Waals surface area contributed by atoms with Crippen molar-refractivity contribution in [3.8, 4) is 0 Å². The van der Waals surface area contributed by atoms with E-state index in [2.05, 4.69) is 15.6 Å². The van der Waals surface area contributed by atoms with Gasteiger partial charge in [0.2, 0.25) is 0 Å². The Hall–Kier alpha value is -3.47. The van der Waals surface area contributed by atoms with E-state index in [9.17, 15) is 4.79 Å². The summed E-state index contributed by atoms with van der Waals surface area (Å²) in [7, 11) is 0. The fourth-order valence-corrected chi connectivity index (χ4v) is 3.17. The Morgan fingerprint density at radius 3 is 2.37 bits per heavy atom. The van der Waals surface area contributed by atoms with E-state index in [1.165, 1.54) is 0 Å². The number of hydrogen-bond acceptors (Lipinski definition) is 3. The minimum atomic E-state index is -0.106. The molecular weight excluding hydrogens is 336 g/mol. The number of aromatic nitrogens is 3. The Bertz CT molecular complexity index is 1090. The summed E-state index contributed by atoms with van der Waals surface area (Å²) in [6.45, 7) is 4.60. The van der Waals surface area contributed by atoms with Crippen molar-refractivity contribution in [1.82, 2.24) is 15.0 Å². The molecule has 134 valence electrons. The number of benzene rings is 3. The number of nitrogens with one attached hydrogen (secondary N) is 1. The molecule has 3 aromatic carbocycles. The fourth-order valence-electron chi connectivity index (χ4n) is 3.17. The summed E-state index contributed by atoms with van der Waals surface area (Å²) in [4.78, 5) is 12.6. The van der Waals surface area contributed by atoms with Crippen molar-refractivity contribution in [2.24, 2.45) is 0 Å². The first-order valence-electron chi connectivity index (χ1n) is 8.86. The number of anilines is 1. The summed E-state index contributed by atoms with van der Waals surface area (Å²) in [5.74, 6) is -0.106. The topological polar surface area (TPSA) is 59.8 Å². The summed E-state index contributed by atoms with van der Waals surface area (Å²) < 4.78 is 1.86. The van der Waals surface area contributed by atoms with Gasteiger partial charge in [-0.15, -0.1) is 5.10 Å². The largest absolute Gasteiger partial charge is 0.322 e. The van der Waals surface area contributed by atoms with Crippen LogP contribution in [0.1, 0.15) is 27.0 Å². The predicted octanol–water partition coefficient (Wildman–Crippen LogP) is 4.35. The SMILES string of the molecule is Cc1cccc(C)c1NC(=O)c1ccc(Cn2nnc3ccccc32)cc1. The molecule has 0 bridgehead atoms. The Morgan fingerprint density at radius 2 is 1.63 bits per heavy atom. The molecule has 0 aliphatic carbocycles. The van der Waals surface area contributed by atoms with Gasteiger partial charge < -0.3 is 5.32 Å². The molecule has 0 fully saturated rings. The number of hydrogen-bond donors (Lipinski definition) is 1. The number of carbonyl (C=O) groups excluding carboxylic acids is 1. The summed E-state index contributed by atoms with van der Waals surface area (Å²) >= 11 is 0. The summed E-state index contributed by atoms with van der Waals surface area (Å²) in [5, 5.41) is 11.4. The molecule has 0 unspecified atom stereocenters. The lowest BCUT2D eigenvalue weighted by Gasteiger charge is -2.11. The van der Waals surface area contributed by atoms with Crippen LogP contribution in [-0.4, -0.2) is 20.9 Å². The van der Waals surface area contributed by atoms with Crippen LogP contribution in [0.2, 0.25) is 0 Å². The number of fused-ring (bicyclic) bond motifs is 1. The highest BCUT2D eigenvalue weighted by molar-refractivity contribution is 6.05. The van der Waals surface area contributed by atoms with E-state index in [4.69, 9.17) is 0 Å². The van der Waals surface area contributed by atoms with Gasteiger partial charge in [0, 0.05) is 11.3 Å². The van der Waals surface area contributed by atoms with Crippen molar-refractivity contribution in [2.75, 3.05) is 5.32 Å². The fraction of sp³-hybridized carbons (Fsp3) is 0.136. The molecule has 1 amide bonds. The average molecular weight is 356 g/mol. The summed E-state index contributed by atoms with van der Waals surface area (Å²) in [6.07, 6.45) is 0. The van der Waals surface area contributed by atoms with Crippen LogP contribution in [0, 0.1) is 13.8 Å². The molecule has 5 heteroatoms. The van der Waals surface area contributed by atoms with Crippen LogP contribution in [0.15, 0.2) is 66.7 Å². The average Bonchev–Trinajstić information content (AvgIpc) is 3.08. The second kappa shape index (κ2) is 7.03. The summed E-state index contributed by atoms with van der Waals surface area (Å²) in [5.41, 5.74) is 6.55. The Kier molecular flexibility index (Phi) is 4.42. The van der Waals surface area contributed by atoms with Gasteiger partial charge in [0.25, 0.3) is 5.91 Å². The highest BCUT2D eigenvalue weighted by Crippen LogP contribution is 2.20. The van der Waals surface area contributed by atoms with Gasteiger partial charge in [-0.3, -0.25) is 4.79 Å². The van der Waals surface area contributed by atoms with E-state index < -0.39 is 0 Å². The van der Waals surface area contributed by atoms with Crippen LogP contribution in [0.5, 0.6) is 0 Å². The lowest BCUT2D eigenvalue weighted by Crippen LogP contribution is -2.14. The molecule has 0 saturated carbocycles. The molecule has 0 aliphatic rings. The molecule has 4 rings (SSSR count). The van der Waals surface area contributed by atoms with E-state index in [1.807, 2.05) is 85.3 Å². The van der Waals surface area contributed by atoms with Crippen molar-refractivity contribution >= 4 is 22.6 Å². The highest BCUT2D eigenvalue weighted by Gasteiger charge is 2.10. The van der Waals surface area contributed by atoms with Gasteiger partial charge in [0.1, 0.15) is 5.52 Å². The first-order valence-corrected chi connectivity index (χ1v) is 8.86. The van der Waals surface area contributed by atoms with Gasteiger partial charge in [-0.05, 0) is 54.8 Å². The molecule has 1 N–H and O–H groups in total. The quantitative estimate of drug-likeness (QED) is 0.591. The van der Waals surface area contributed by atoms with Crippen molar-refractivity contribution < 1.29 is 4.79 Å². The lowest BCUT2D eigenvalue weighted by atomic mass is 10.1. The van der Waals surface area contributed by atoms with Crippen molar-refractivity contribution in [2.45, 2.75) is 20.4 Å². The molecule has 0 saturated heterocycles. The minimum Gasteiger partial charge on any atom is -0.322 e. The molecule has 0 radical (unpaired) electrons. The maximum atomic E-state index is 12.6. The molecule has 1 heterocycles. The Balaban J connectivity index is 1.51. The molecule has 5 nitrogen and oxygen atoms in total. The zero-order valence-electron chi connectivity index (χ0n) is 15.3. The third kappa shape index (κ3) is 3.44. The Labute approximate surface area is 157 Å². The lowest BCUT2D eigenvalue weighted by molar-refractivity contribution is 0.102. The minimum absolute atomic E-state index is 0.106. The van der Waals surface area contributed by atoms with E-state index in [0.29, 0.717) is 12.1 Å². The molecule has 0 atom stereocenters. The summed E-state index contributed by atoms with van der Waals surface area (Å²) in [6, 6.07) is 21.4. The molecule has 4 aromatic rings. The van der Waals surface area contributed by atoms with E-state index in [-0.39, 0.29) is 5.91 Å². The van der Waals surface area contributed by atoms with Crippen LogP contribution < -0.4 is 5.32 Å². The van der Waals surface area contributed by atoms with Crippen molar-refractivity contribution in [3.63, 3.8) is 0 Å². The molecule has 1 aromatic heterocycles. The smallest absolute Gasteiger partial charge is 0.255 e. The van der Waals surface area contributed by atoms with Gasteiger partial charge in [0.05, 0.1) is 12.1 Å². The maximum absolute atomic E-state index is 12.6. The van der Waals surface area contributed by atoms with Gasteiger partial charge >= 0.3 is 0 Å². The van der Waals surface area contributed by atoms with E-state index in [1.54, 1.807) is 0 Å². The molecule has 0 spiro atoms. The third-order valence-corrected chi connectivity index (χ3v) is 4.69. The van der Waals surface area contributed by atoms with Gasteiger partial charge in [-0.2, -0.15) is 0 Å². The van der Waals surface area contributed by atoms with Crippen LogP contribution in [-0.2, 0) is 6.54 Å². The maximum Gasteiger partial charge on any atom is 0.255 e. The van der Waals surface area contributed by atoms with Gasteiger partial charge in [-0.25, -0.2) is 4.68 Å². The first-order chi connectivity index (χ1) is 13.1. The normalized spacial score (nSPS) is 10.9. The van der Waals surface area contributed by atoms with E-state index in [0.717, 1.165) is 33.4 Å². The standard InChI is InChI=1S/C22H20N4O/c1-15-6-5-7-16(2)21(15)23-22(27)18-12-10-17(11-13-18)14-26-20-9-4-3-8-19(20)24-25-26/h3-13H,14H2,1-2H3,(H,23,27). The third-order valence-electron chi connectivity index (χ3n) is 4.69. The van der Waals surface area contributed by atoms with Crippen LogP contribution in [0.3, 0.4) is 0 Å². The van der Waals surface area contributed by atoms with Crippen molar-refractivity contribution in [3.05, 3.63) is 89.0 Å². The van der Waals surface area contributed by atoms with E-state index >= 15 is 0 Å². The molecular formula is C22H20N4O. The van der Waals surface area contributed by atoms with Gasteiger partial charge in [-0.1, -0.05) is 47.7 Å². The van der Waals surface area contributed by atoms with Crippen LogP contribution in [0.25, 0.3) is 11.0 Å². The highest BCUT2D eigenvalue weighted by atomic mass is 16.1. The second-order valence-corrected chi connectivity index (χ2v) is 6.65. The Morgan fingerprint density at radius 1 is 0.926 bits per heavy atom. The monoisotopic (exact) mass is 356 g/mol. The second-order valence-electron chi connectivity index (χ2n) is 6.65. The number of carbonyl (C=O) groups is 1. The van der Waals surface area contributed by atoms with Crippen LogP contribution >= 0.6 is 0 Å². The first kappa shape index (κ1) is 17.0. The molecule has 27 heavy (non-hydrogen) atoms. The number of amides is 1. The van der Waals surface area contributed by atoms with Crippen LogP contribution in [0.4, 0.5) is 5.69 Å². The number of aryl methyl sites for hydroxylation is 2. The zero-order valence-corrected chi connectivity index (χ0v) is 15.3. The molecule has 0 aliphatic heterocycles. The van der Waals surface area contributed by atoms with Gasteiger partial charge in [0.15, 0.2) is 0 Å².